The molecule has 112 valence electrons. The maximum absolute atomic E-state index is 14.6. The second-order valence-corrected chi connectivity index (χ2v) is 5.31. The molecule has 5 heteroatoms. The van der Waals surface area contributed by atoms with Crippen LogP contribution >= 0.6 is 0 Å². The lowest BCUT2D eigenvalue weighted by Crippen LogP contribution is -2.17. The molecular formula is C17H13F2NO2. The van der Waals surface area contributed by atoms with Crippen molar-refractivity contribution >= 4 is 12.0 Å². The molecule has 1 N–H and O–H groups in total. The number of hydrogen-bond acceptors (Lipinski definition) is 2. The zero-order valence-electron chi connectivity index (χ0n) is 11.8. The van der Waals surface area contributed by atoms with Crippen molar-refractivity contribution in [3.8, 4) is 0 Å². The van der Waals surface area contributed by atoms with Crippen LogP contribution in [0.1, 0.15) is 32.7 Å². The number of nitrogens with zero attached hydrogens (tertiary/aromatic N) is 1. The number of benzene rings is 1. The van der Waals surface area contributed by atoms with E-state index < -0.39 is 11.9 Å². The third-order valence-electron chi connectivity index (χ3n) is 3.82. The summed E-state index contributed by atoms with van der Waals surface area (Å²) in [4.78, 5) is 15.2. The van der Waals surface area contributed by atoms with E-state index in [4.69, 9.17) is 5.11 Å². The average molecular weight is 301 g/mol. The lowest BCUT2D eigenvalue weighted by molar-refractivity contribution is 0.0371. The molecule has 0 saturated carbocycles. The van der Waals surface area contributed by atoms with Crippen LogP contribution < -0.4 is 0 Å². The molecule has 1 aliphatic rings. The fraction of sp³-hybridized carbons (Fsp3) is 0.176. The van der Waals surface area contributed by atoms with Gasteiger partial charge in [-0.25, -0.2) is 4.79 Å². The standard InChI is InChI=1S/C17H13F2NO2/c1-10-2-4-11(5-3-10)17(18,19)12-8-14-13(16(21)22)6-7-20-15(14)9-12/h2-7,9H,8H2,1H3,(H,21,22). The molecule has 0 aliphatic heterocycles. The summed E-state index contributed by atoms with van der Waals surface area (Å²) in [5, 5.41) is 9.15. The molecule has 0 fully saturated rings. The predicted molar refractivity (Wildman–Crippen MR) is 78.0 cm³/mol. The van der Waals surface area contributed by atoms with E-state index in [0.29, 0.717) is 11.3 Å². The first-order chi connectivity index (χ1) is 10.4. The Morgan fingerprint density at radius 3 is 2.55 bits per heavy atom. The maximum Gasteiger partial charge on any atom is 0.336 e. The number of aromatic carboxylic acids is 1. The van der Waals surface area contributed by atoms with Gasteiger partial charge in [0.05, 0.1) is 11.3 Å². The van der Waals surface area contributed by atoms with E-state index in [1.807, 2.05) is 6.92 Å². The van der Waals surface area contributed by atoms with Gasteiger partial charge in [-0.2, -0.15) is 8.78 Å². The van der Waals surface area contributed by atoms with Crippen molar-refractivity contribution in [3.05, 3.63) is 70.0 Å². The van der Waals surface area contributed by atoms with Gasteiger partial charge in [0.2, 0.25) is 0 Å². The number of carbonyl (C=O) groups is 1. The van der Waals surface area contributed by atoms with E-state index >= 15 is 0 Å². The van der Waals surface area contributed by atoms with Gasteiger partial charge in [0, 0.05) is 23.8 Å². The van der Waals surface area contributed by atoms with Crippen LogP contribution in [0.3, 0.4) is 0 Å². The molecule has 1 aromatic heterocycles. The van der Waals surface area contributed by atoms with E-state index in [9.17, 15) is 13.6 Å². The minimum Gasteiger partial charge on any atom is -0.478 e. The number of pyridine rings is 1. The van der Waals surface area contributed by atoms with Gasteiger partial charge in [0.1, 0.15) is 0 Å². The van der Waals surface area contributed by atoms with Crippen LogP contribution in [0.2, 0.25) is 0 Å². The van der Waals surface area contributed by atoms with Gasteiger partial charge >= 0.3 is 5.97 Å². The highest BCUT2D eigenvalue weighted by Crippen LogP contribution is 2.42. The molecular weight excluding hydrogens is 288 g/mol. The van der Waals surface area contributed by atoms with Gasteiger partial charge in [-0.05, 0) is 24.6 Å². The predicted octanol–water partition coefficient (Wildman–Crippen LogP) is 3.82. The molecule has 0 atom stereocenters. The highest BCUT2D eigenvalue weighted by Gasteiger charge is 2.39. The van der Waals surface area contributed by atoms with Crippen LogP contribution in [0.25, 0.3) is 6.08 Å². The van der Waals surface area contributed by atoms with Crippen molar-refractivity contribution < 1.29 is 18.7 Å². The van der Waals surface area contributed by atoms with Crippen LogP contribution in [0, 0.1) is 6.92 Å². The molecule has 2 aromatic rings. The van der Waals surface area contributed by atoms with Gasteiger partial charge in [0.25, 0.3) is 5.92 Å². The van der Waals surface area contributed by atoms with Crippen LogP contribution in [0.4, 0.5) is 8.78 Å². The van der Waals surface area contributed by atoms with Crippen LogP contribution in [-0.4, -0.2) is 16.1 Å². The third kappa shape index (κ3) is 2.28. The van der Waals surface area contributed by atoms with E-state index in [1.54, 1.807) is 12.1 Å². The number of halogens is 2. The summed E-state index contributed by atoms with van der Waals surface area (Å²) in [6, 6.07) is 7.39. The Balaban J connectivity index is 1.99. The Kier molecular flexibility index (Phi) is 3.28. The normalized spacial score (nSPS) is 13.7. The van der Waals surface area contributed by atoms with E-state index in [-0.39, 0.29) is 23.1 Å². The smallest absolute Gasteiger partial charge is 0.336 e. The number of alkyl halides is 2. The van der Waals surface area contributed by atoms with E-state index in [1.165, 1.54) is 30.5 Å². The fourth-order valence-electron chi connectivity index (χ4n) is 2.58. The molecule has 1 aromatic carbocycles. The number of hydrogen-bond donors (Lipinski definition) is 1. The first kappa shape index (κ1) is 14.4. The quantitative estimate of drug-likeness (QED) is 0.937. The van der Waals surface area contributed by atoms with Crippen molar-refractivity contribution in [1.82, 2.24) is 4.98 Å². The van der Waals surface area contributed by atoms with Gasteiger partial charge < -0.3 is 5.11 Å². The number of carboxylic acids is 1. The van der Waals surface area contributed by atoms with Crippen molar-refractivity contribution in [2.75, 3.05) is 0 Å². The van der Waals surface area contributed by atoms with Crippen molar-refractivity contribution in [3.63, 3.8) is 0 Å². The largest absolute Gasteiger partial charge is 0.478 e. The monoisotopic (exact) mass is 301 g/mol. The summed E-state index contributed by atoms with van der Waals surface area (Å²) in [6.07, 6.45) is 2.51. The second-order valence-electron chi connectivity index (χ2n) is 5.31. The molecule has 1 heterocycles. The molecule has 22 heavy (non-hydrogen) atoms. The average Bonchev–Trinajstić information content (AvgIpc) is 2.92. The highest BCUT2D eigenvalue weighted by molar-refractivity contribution is 5.91. The Hall–Kier alpha value is -2.56. The zero-order chi connectivity index (χ0) is 15.9. The second kappa shape index (κ2) is 5.02. The first-order valence-electron chi connectivity index (χ1n) is 6.77. The molecule has 0 unspecified atom stereocenters. The highest BCUT2D eigenvalue weighted by atomic mass is 19.3. The van der Waals surface area contributed by atoms with Crippen molar-refractivity contribution in [2.45, 2.75) is 19.3 Å². The minimum atomic E-state index is -3.15. The lowest BCUT2D eigenvalue weighted by atomic mass is 9.97. The lowest BCUT2D eigenvalue weighted by Gasteiger charge is -2.18. The van der Waals surface area contributed by atoms with E-state index in [0.717, 1.165) is 5.56 Å². The van der Waals surface area contributed by atoms with Crippen LogP contribution in [0.5, 0.6) is 0 Å². The molecule has 0 saturated heterocycles. The maximum atomic E-state index is 14.6. The van der Waals surface area contributed by atoms with Crippen LogP contribution in [0.15, 0.2) is 42.1 Å². The molecule has 0 spiro atoms. The Morgan fingerprint density at radius 2 is 1.91 bits per heavy atom. The topological polar surface area (TPSA) is 50.2 Å². The minimum absolute atomic E-state index is 0.0240. The third-order valence-corrected chi connectivity index (χ3v) is 3.82. The van der Waals surface area contributed by atoms with Gasteiger partial charge in [-0.15, -0.1) is 0 Å². The van der Waals surface area contributed by atoms with Gasteiger partial charge in [0.15, 0.2) is 0 Å². The summed E-state index contributed by atoms with van der Waals surface area (Å²) in [7, 11) is 0. The van der Waals surface area contributed by atoms with Crippen molar-refractivity contribution in [2.24, 2.45) is 0 Å². The summed E-state index contributed by atoms with van der Waals surface area (Å²) < 4.78 is 29.3. The number of carboxylic acid groups (broad SMARTS) is 1. The number of allylic oxidation sites excluding steroid dienone is 1. The van der Waals surface area contributed by atoms with E-state index in [2.05, 4.69) is 4.98 Å². The summed E-state index contributed by atoms with van der Waals surface area (Å²) >= 11 is 0. The molecule has 0 bridgehead atoms. The van der Waals surface area contributed by atoms with Crippen LogP contribution in [-0.2, 0) is 12.3 Å². The molecule has 3 nitrogen and oxygen atoms in total. The molecule has 0 amide bonds. The zero-order valence-corrected chi connectivity index (χ0v) is 11.8. The number of aromatic nitrogens is 1. The summed E-state index contributed by atoms with van der Waals surface area (Å²) in [6.45, 7) is 1.83. The Morgan fingerprint density at radius 1 is 1.23 bits per heavy atom. The van der Waals surface area contributed by atoms with Gasteiger partial charge in [-0.1, -0.05) is 29.8 Å². The van der Waals surface area contributed by atoms with Crippen molar-refractivity contribution in [1.29, 1.82) is 0 Å². The fourth-order valence-corrected chi connectivity index (χ4v) is 2.58. The summed E-state index contributed by atoms with van der Waals surface area (Å²) in [5.41, 5.74) is 1.34. The molecule has 1 aliphatic carbocycles. The SMILES string of the molecule is Cc1ccc(C(F)(F)C2=Cc3nccc(C(=O)O)c3C2)cc1. The number of rotatable bonds is 3. The number of aryl methyl sites for hydroxylation is 1. The molecule has 0 radical (unpaired) electrons. The molecule has 3 rings (SSSR count). The first-order valence-corrected chi connectivity index (χ1v) is 6.77. The Bertz CT molecular complexity index is 780. The van der Waals surface area contributed by atoms with Gasteiger partial charge in [-0.3, -0.25) is 4.98 Å². The number of fused-ring (bicyclic) bond motifs is 1. The summed E-state index contributed by atoms with van der Waals surface area (Å²) in [5.74, 6) is -4.28. The Labute approximate surface area is 125 Å².